The van der Waals surface area contributed by atoms with Crippen molar-refractivity contribution in [2.75, 3.05) is 32.0 Å². The number of anilines is 2. The Kier molecular flexibility index (Phi) is 7.56. The van der Waals surface area contributed by atoms with Crippen molar-refractivity contribution in [3.8, 4) is 0 Å². The van der Waals surface area contributed by atoms with Crippen LogP contribution in [0.25, 0.3) is 11.0 Å². The minimum Gasteiger partial charge on any atom is -0.354 e. The maximum Gasteiger partial charge on any atom is 0.405 e. The highest BCUT2D eigenvalue weighted by molar-refractivity contribution is 6.05. The van der Waals surface area contributed by atoms with E-state index in [1.807, 2.05) is 25.0 Å². The lowest BCUT2D eigenvalue weighted by Crippen LogP contribution is -2.41. The minimum atomic E-state index is -4.51. The molecule has 2 aliphatic rings. The van der Waals surface area contributed by atoms with Crippen LogP contribution in [0.1, 0.15) is 35.0 Å². The molecule has 0 bridgehead atoms. The summed E-state index contributed by atoms with van der Waals surface area (Å²) in [7, 11) is 3.80. The molecule has 13 heteroatoms. The second-order valence-electron chi connectivity index (χ2n) is 9.29. The van der Waals surface area contributed by atoms with E-state index in [4.69, 9.17) is 0 Å². The summed E-state index contributed by atoms with van der Waals surface area (Å²) < 4.78 is 38.6. The van der Waals surface area contributed by atoms with Gasteiger partial charge in [0.05, 0.1) is 28.8 Å². The summed E-state index contributed by atoms with van der Waals surface area (Å²) in [5.41, 5.74) is 5.06. The number of pyridine rings is 1. The first-order valence-electron chi connectivity index (χ1n) is 12.0. The topological polar surface area (TPSA) is 108 Å². The summed E-state index contributed by atoms with van der Waals surface area (Å²) in [6.45, 7) is 3.29. The lowest BCUT2D eigenvalue weighted by molar-refractivity contribution is -0.138. The van der Waals surface area contributed by atoms with Crippen molar-refractivity contribution >= 4 is 39.9 Å². The Morgan fingerprint density at radius 3 is 2.58 bits per heavy atom. The Bertz CT molecular complexity index is 1400. The number of hydrogen-bond acceptors (Lipinski definition) is 7. The standard InChI is InChI=1S/C20H19F3N6O2.C5H10N2/c1-11-14-6-13(7-24-18(14)28(2)27-11)26-15-5-3-4-12-8-29(19(31)17(12)15)9-16(30)25-10-20(21,22)23;1-5-3-4-7(2)6-5/h3-7,26H,8-10H2,1-2H3,(H,25,30);3-4H2,1-2H3. The molecule has 0 radical (unpaired) electrons. The molecule has 38 heavy (non-hydrogen) atoms. The monoisotopic (exact) mass is 530 g/mol. The van der Waals surface area contributed by atoms with E-state index in [9.17, 15) is 22.8 Å². The van der Waals surface area contributed by atoms with E-state index < -0.39 is 31.1 Å². The molecule has 2 amide bonds. The van der Waals surface area contributed by atoms with Crippen LogP contribution in [0, 0.1) is 6.92 Å². The third-order valence-corrected chi connectivity index (χ3v) is 6.11. The van der Waals surface area contributed by atoms with Crippen molar-refractivity contribution in [2.24, 2.45) is 12.1 Å². The first-order valence-corrected chi connectivity index (χ1v) is 12.0. The van der Waals surface area contributed by atoms with Crippen LogP contribution in [-0.4, -0.2) is 75.1 Å². The van der Waals surface area contributed by atoms with Crippen LogP contribution < -0.4 is 10.6 Å². The summed E-state index contributed by atoms with van der Waals surface area (Å²) in [4.78, 5) is 30.3. The van der Waals surface area contributed by atoms with Crippen LogP contribution in [0.5, 0.6) is 0 Å². The molecule has 202 valence electrons. The number of alkyl halides is 3. The number of halogens is 3. The van der Waals surface area contributed by atoms with Crippen molar-refractivity contribution in [3.63, 3.8) is 0 Å². The highest BCUT2D eigenvalue weighted by Gasteiger charge is 2.33. The minimum absolute atomic E-state index is 0.141. The lowest BCUT2D eigenvalue weighted by atomic mass is 10.1. The Balaban J connectivity index is 0.000000417. The predicted octanol–water partition coefficient (Wildman–Crippen LogP) is 3.35. The van der Waals surface area contributed by atoms with E-state index >= 15 is 0 Å². The molecule has 3 aromatic rings. The molecule has 2 N–H and O–H groups in total. The molecule has 10 nitrogen and oxygen atoms in total. The van der Waals surface area contributed by atoms with Gasteiger partial charge in [-0.3, -0.25) is 19.3 Å². The molecule has 4 heterocycles. The zero-order valence-electron chi connectivity index (χ0n) is 21.6. The average molecular weight is 531 g/mol. The molecule has 0 atom stereocenters. The summed E-state index contributed by atoms with van der Waals surface area (Å²) >= 11 is 0. The van der Waals surface area contributed by atoms with Gasteiger partial charge in [-0.15, -0.1) is 0 Å². The number of aromatic nitrogens is 3. The molecule has 0 saturated heterocycles. The Morgan fingerprint density at radius 1 is 1.18 bits per heavy atom. The van der Waals surface area contributed by atoms with Crippen molar-refractivity contribution in [1.82, 2.24) is 30.0 Å². The molecule has 1 aromatic carbocycles. The number of amides is 2. The van der Waals surface area contributed by atoms with Crippen LogP contribution in [0.3, 0.4) is 0 Å². The number of hydrogen-bond donors (Lipinski definition) is 2. The Labute approximate surface area is 217 Å². The summed E-state index contributed by atoms with van der Waals surface area (Å²) in [6.07, 6.45) is -1.73. The SMILES string of the molecule is CC1=NN(C)CC1.Cc1nn(C)c2ncc(Nc3cccc4c3C(=O)N(CC(=O)NCC(F)(F)F)C4)cc12. The quantitative estimate of drug-likeness (QED) is 0.524. The van der Waals surface area contributed by atoms with E-state index in [0.717, 1.165) is 29.7 Å². The van der Waals surface area contributed by atoms with Gasteiger partial charge in [-0.1, -0.05) is 12.1 Å². The van der Waals surface area contributed by atoms with E-state index in [0.29, 0.717) is 22.5 Å². The number of nitrogens with zero attached hydrogens (tertiary/aromatic N) is 6. The fourth-order valence-corrected chi connectivity index (χ4v) is 4.33. The Morgan fingerprint density at radius 2 is 1.95 bits per heavy atom. The highest BCUT2D eigenvalue weighted by atomic mass is 19.4. The summed E-state index contributed by atoms with van der Waals surface area (Å²) in [5.74, 6) is -1.29. The van der Waals surface area contributed by atoms with Crippen molar-refractivity contribution < 1.29 is 22.8 Å². The normalized spacial score (nSPS) is 14.8. The van der Waals surface area contributed by atoms with Gasteiger partial charge in [-0.25, -0.2) is 4.98 Å². The third kappa shape index (κ3) is 6.21. The third-order valence-electron chi connectivity index (χ3n) is 6.11. The van der Waals surface area contributed by atoms with Gasteiger partial charge in [0, 0.05) is 44.7 Å². The first-order chi connectivity index (χ1) is 17.9. The highest BCUT2D eigenvalue weighted by Crippen LogP contribution is 2.32. The van der Waals surface area contributed by atoms with Crippen LogP contribution in [0.2, 0.25) is 0 Å². The maximum absolute atomic E-state index is 12.9. The van der Waals surface area contributed by atoms with Gasteiger partial charge >= 0.3 is 6.18 Å². The predicted molar refractivity (Wildman–Crippen MR) is 137 cm³/mol. The molecule has 0 unspecified atom stereocenters. The molecule has 0 spiro atoms. The number of hydrazone groups is 1. The fourth-order valence-electron chi connectivity index (χ4n) is 4.33. The molecule has 5 rings (SSSR count). The van der Waals surface area contributed by atoms with E-state index in [1.54, 1.807) is 41.4 Å². The number of fused-ring (bicyclic) bond motifs is 2. The number of carbonyl (C=O) groups is 2. The number of carbonyl (C=O) groups excluding carboxylic acids is 2. The van der Waals surface area contributed by atoms with Gasteiger partial charge in [0.25, 0.3) is 5.91 Å². The zero-order valence-corrected chi connectivity index (χ0v) is 21.6. The largest absolute Gasteiger partial charge is 0.405 e. The zero-order chi connectivity index (χ0) is 27.6. The maximum atomic E-state index is 12.9. The number of aryl methyl sites for hydroxylation is 2. The Hall–Kier alpha value is -4.16. The molecule has 0 aliphatic carbocycles. The van der Waals surface area contributed by atoms with Crippen molar-refractivity contribution in [1.29, 1.82) is 0 Å². The number of nitrogens with one attached hydrogen (secondary N) is 2. The lowest BCUT2D eigenvalue weighted by Gasteiger charge is -2.16. The summed E-state index contributed by atoms with van der Waals surface area (Å²) in [5, 5.41) is 16.3. The molecule has 2 aromatic heterocycles. The van der Waals surface area contributed by atoms with Gasteiger partial charge in [0.1, 0.15) is 13.1 Å². The first kappa shape index (κ1) is 26.9. The van der Waals surface area contributed by atoms with Crippen molar-refractivity contribution in [2.45, 2.75) is 33.0 Å². The second kappa shape index (κ2) is 10.7. The van der Waals surface area contributed by atoms with Gasteiger partial charge in [-0.2, -0.15) is 23.4 Å². The van der Waals surface area contributed by atoms with E-state index in [2.05, 4.69) is 27.4 Å². The van der Waals surface area contributed by atoms with Crippen LogP contribution in [0.15, 0.2) is 35.6 Å². The van der Waals surface area contributed by atoms with Gasteiger partial charge in [-0.05, 0) is 31.5 Å². The number of rotatable bonds is 5. The van der Waals surface area contributed by atoms with Crippen molar-refractivity contribution in [3.05, 3.63) is 47.3 Å². The van der Waals surface area contributed by atoms with Crippen LogP contribution in [-0.2, 0) is 18.4 Å². The molecular weight excluding hydrogens is 501 g/mol. The molecule has 2 aliphatic heterocycles. The smallest absolute Gasteiger partial charge is 0.354 e. The average Bonchev–Trinajstić information content (AvgIpc) is 3.47. The van der Waals surface area contributed by atoms with Gasteiger partial charge in [0.2, 0.25) is 5.91 Å². The molecular formula is C25H29F3N8O2. The van der Waals surface area contributed by atoms with E-state index in [1.165, 1.54) is 10.6 Å². The van der Waals surface area contributed by atoms with Gasteiger partial charge < -0.3 is 15.5 Å². The summed E-state index contributed by atoms with van der Waals surface area (Å²) in [6, 6.07) is 7.12. The van der Waals surface area contributed by atoms with Gasteiger partial charge in [0.15, 0.2) is 5.65 Å². The second-order valence-corrected chi connectivity index (χ2v) is 9.29. The molecule has 0 saturated carbocycles. The number of benzene rings is 1. The van der Waals surface area contributed by atoms with Crippen LogP contribution >= 0.6 is 0 Å². The molecule has 0 fully saturated rings. The van der Waals surface area contributed by atoms with Crippen LogP contribution in [0.4, 0.5) is 24.5 Å². The van der Waals surface area contributed by atoms with E-state index in [-0.39, 0.29) is 6.54 Å². The fraction of sp³-hybridized carbons (Fsp3) is 0.400.